The van der Waals surface area contributed by atoms with Crippen molar-refractivity contribution in [1.82, 2.24) is 5.32 Å². The summed E-state index contributed by atoms with van der Waals surface area (Å²) in [5, 5.41) is 2.98. The maximum absolute atomic E-state index is 12.8. The van der Waals surface area contributed by atoms with Crippen LogP contribution < -0.4 is 5.32 Å². The van der Waals surface area contributed by atoms with Crippen molar-refractivity contribution in [2.75, 3.05) is 26.4 Å². The highest BCUT2D eigenvalue weighted by Crippen LogP contribution is 2.66. The molecule has 3 saturated carbocycles. The number of carbonyl (C=O) groups excluding carboxylic acids is 1. The molecule has 0 aromatic rings. The van der Waals surface area contributed by atoms with Gasteiger partial charge in [0.2, 0.25) is 0 Å². The first-order chi connectivity index (χ1) is 21.4. The van der Waals surface area contributed by atoms with E-state index >= 15 is 0 Å². The monoisotopic (exact) mass is 643 g/mol. The predicted molar refractivity (Wildman–Crippen MR) is 186 cm³/mol. The Hall–Kier alpha value is -1.41. The molecule has 3 fully saturated rings. The van der Waals surface area contributed by atoms with Crippen molar-refractivity contribution >= 4 is 14.9 Å². The third kappa shape index (κ3) is 8.01. The van der Waals surface area contributed by atoms with E-state index < -0.39 is 8.80 Å². The van der Waals surface area contributed by atoms with E-state index in [4.69, 9.17) is 18.0 Å². The lowest BCUT2D eigenvalue weighted by molar-refractivity contribution is 0.0291. The molecule has 7 heteroatoms. The van der Waals surface area contributed by atoms with Crippen molar-refractivity contribution in [2.24, 2.45) is 46.3 Å². The van der Waals surface area contributed by atoms with E-state index in [1.54, 1.807) is 5.57 Å². The Bertz CT molecular complexity index is 1070. The second kappa shape index (κ2) is 15.7. The number of amides is 1. The zero-order valence-electron chi connectivity index (χ0n) is 30.1. The minimum atomic E-state index is -2.70. The molecule has 0 aromatic heterocycles. The molecule has 6 nitrogen and oxygen atoms in total. The van der Waals surface area contributed by atoms with E-state index in [1.165, 1.54) is 31.3 Å². The molecule has 45 heavy (non-hydrogen) atoms. The van der Waals surface area contributed by atoms with Gasteiger partial charge in [0.25, 0.3) is 0 Å². The molecular formula is C38H65NO5Si. The average molecular weight is 644 g/mol. The minimum absolute atomic E-state index is 0.0615. The summed E-state index contributed by atoms with van der Waals surface area (Å²) in [6.07, 6.45) is 18.4. The molecule has 256 valence electrons. The van der Waals surface area contributed by atoms with Crippen LogP contribution in [-0.2, 0) is 18.0 Å². The normalized spacial score (nSPS) is 32.8. The molecule has 8 atom stereocenters. The molecule has 0 saturated heterocycles. The van der Waals surface area contributed by atoms with Crippen molar-refractivity contribution in [1.29, 1.82) is 0 Å². The van der Waals surface area contributed by atoms with Crippen LogP contribution in [0.15, 0.2) is 35.5 Å². The Labute approximate surface area is 276 Å². The fourth-order valence-corrected chi connectivity index (χ4v) is 12.0. The number of carbonyl (C=O) groups is 1. The Morgan fingerprint density at radius 1 is 0.933 bits per heavy atom. The summed E-state index contributed by atoms with van der Waals surface area (Å²) < 4.78 is 23.8. The summed E-state index contributed by atoms with van der Waals surface area (Å²) in [6, 6.07) is 0.682. The SMILES string of the molecule is CCO[Si](CCCNC(=O)O[C@H]1CC[C@@]2(C)C(=CC=C3[C@@H]4CC[C@H]([C@H](C)C=C[C@H](C)C(C)C)[C@@]4(C)CC[C@@H]32)C1)(OCC)OCC. The fraction of sp³-hybridized carbons (Fsp3) is 0.816. The van der Waals surface area contributed by atoms with Crippen LogP contribution in [-0.4, -0.2) is 47.4 Å². The Balaban J connectivity index is 1.33. The van der Waals surface area contributed by atoms with Gasteiger partial charge in [-0.25, -0.2) is 4.79 Å². The van der Waals surface area contributed by atoms with Crippen molar-refractivity contribution in [2.45, 2.75) is 126 Å². The third-order valence-corrected chi connectivity index (χ3v) is 15.5. The van der Waals surface area contributed by atoms with E-state index in [9.17, 15) is 4.79 Å². The molecule has 0 unspecified atom stereocenters. The van der Waals surface area contributed by atoms with Gasteiger partial charge in [-0.3, -0.25) is 0 Å². The highest BCUT2D eigenvalue weighted by Gasteiger charge is 2.57. The van der Waals surface area contributed by atoms with Gasteiger partial charge in [-0.05, 0) is 112 Å². The topological polar surface area (TPSA) is 66.0 Å². The van der Waals surface area contributed by atoms with Crippen LogP contribution in [0, 0.1) is 46.3 Å². The average Bonchev–Trinajstić information content (AvgIpc) is 3.36. The maximum atomic E-state index is 12.8. The minimum Gasteiger partial charge on any atom is -0.446 e. The lowest BCUT2D eigenvalue weighted by atomic mass is 9.50. The zero-order chi connectivity index (χ0) is 32.8. The number of allylic oxidation sites excluding steroid dienone is 5. The predicted octanol–water partition coefficient (Wildman–Crippen LogP) is 9.50. The number of rotatable bonds is 15. The van der Waals surface area contributed by atoms with Gasteiger partial charge < -0.3 is 23.3 Å². The van der Waals surface area contributed by atoms with Crippen LogP contribution in [0.2, 0.25) is 6.04 Å². The van der Waals surface area contributed by atoms with Gasteiger partial charge >= 0.3 is 14.9 Å². The van der Waals surface area contributed by atoms with E-state index in [0.29, 0.717) is 67.4 Å². The number of nitrogens with one attached hydrogen (secondary N) is 1. The summed E-state index contributed by atoms with van der Waals surface area (Å²) in [6.45, 7) is 22.7. The number of ether oxygens (including phenoxy) is 1. The molecule has 1 N–H and O–H groups in total. The lowest BCUT2D eigenvalue weighted by Gasteiger charge is -2.55. The summed E-state index contributed by atoms with van der Waals surface area (Å²) in [5.41, 5.74) is 3.79. The molecule has 1 amide bonds. The van der Waals surface area contributed by atoms with Crippen LogP contribution in [0.5, 0.6) is 0 Å². The van der Waals surface area contributed by atoms with Crippen LogP contribution >= 0.6 is 0 Å². The van der Waals surface area contributed by atoms with E-state index in [1.807, 2.05) is 20.8 Å². The number of hydrogen-bond donors (Lipinski definition) is 1. The summed E-state index contributed by atoms with van der Waals surface area (Å²) in [7, 11) is -2.70. The summed E-state index contributed by atoms with van der Waals surface area (Å²) in [4.78, 5) is 12.8. The smallest absolute Gasteiger partial charge is 0.446 e. The second-order valence-corrected chi connectivity index (χ2v) is 18.0. The third-order valence-electron chi connectivity index (χ3n) is 12.3. The van der Waals surface area contributed by atoms with Gasteiger partial charge in [-0.15, -0.1) is 0 Å². The van der Waals surface area contributed by atoms with Gasteiger partial charge in [0.1, 0.15) is 6.10 Å². The molecule has 0 aliphatic heterocycles. The summed E-state index contributed by atoms with van der Waals surface area (Å²) in [5.74, 6) is 4.05. The van der Waals surface area contributed by atoms with Crippen LogP contribution in [0.1, 0.15) is 114 Å². The summed E-state index contributed by atoms with van der Waals surface area (Å²) >= 11 is 0. The van der Waals surface area contributed by atoms with E-state index in [2.05, 4.69) is 71.2 Å². The first kappa shape index (κ1) is 36.4. The first-order valence-corrected chi connectivity index (χ1v) is 20.3. The standard InChI is InChI=1S/C38H65NO5Si/c1-10-41-45(42-11-2,43-12-3)25-13-24-39-36(40)44-31-20-22-37(8)30(26-31)16-17-32-34-19-18-33(38(34,9)23-21-35(32)37)29(7)15-14-28(6)27(4)5/h14-17,27-29,31,33-35H,10-13,18-26H2,1-9H3,(H,39,40)/t28-,29+,31-,33+,34-,35-,37-,38+/m0/s1. The molecule has 4 rings (SSSR count). The molecule has 0 bridgehead atoms. The van der Waals surface area contributed by atoms with Crippen molar-refractivity contribution in [3.05, 3.63) is 35.5 Å². The van der Waals surface area contributed by atoms with Crippen LogP contribution in [0.25, 0.3) is 0 Å². The molecular weight excluding hydrogens is 579 g/mol. The van der Waals surface area contributed by atoms with E-state index in [0.717, 1.165) is 31.6 Å². The van der Waals surface area contributed by atoms with Gasteiger partial charge in [-0.1, -0.05) is 77.0 Å². The highest BCUT2D eigenvalue weighted by molar-refractivity contribution is 6.60. The van der Waals surface area contributed by atoms with Gasteiger partial charge in [-0.2, -0.15) is 0 Å². The number of hydrogen-bond acceptors (Lipinski definition) is 5. The van der Waals surface area contributed by atoms with Gasteiger partial charge in [0, 0.05) is 38.8 Å². The highest BCUT2D eigenvalue weighted by atomic mass is 28.4. The van der Waals surface area contributed by atoms with Crippen LogP contribution in [0.3, 0.4) is 0 Å². The molecule has 0 aromatic carbocycles. The van der Waals surface area contributed by atoms with Crippen molar-refractivity contribution in [3.8, 4) is 0 Å². The zero-order valence-corrected chi connectivity index (χ0v) is 31.1. The lowest BCUT2D eigenvalue weighted by Crippen LogP contribution is -2.47. The molecule has 0 heterocycles. The molecule has 4 aliphatic carbocycles. The largest absolute Gasteiger partial charge is 0.500 e. The van der Waals surface area contributed by atoms with Crippen molar-refractivity contribution in [3.63, 3.8) is 0 Å². The maximum Gasteiger partial charge on any atom is 0.500 e. The quantitative estimate of drug-likeness (QED) is 0.109. The van der Waals surface area contributed by atoms with Crippen molar-refractivity contribution < 1.29 is 22.8 Å². The van der Waals surface area contributed by atoms with Gasteiger partial charge in [0.15, 0.2) is 0 Å². The molecule has 0 radical (unpaired) electrons. The Morgan fingerprint density at radius 3 is 2.27 bits per heavy atom. The first-order valence-electron chi connectivity index (χ1n) is 18.4. The Kier molecular flexibility index (Phi) is 12.7. The molecule has 0 spiro atoms. The second-order valence-electron chi connectivity index (χ2n) is 15.2. The fourth-order valence-electron chi connectivity index (χ4n) is 9.37. The van der Waals surface area contributed by atoms with E-state index in [-0.39, 0.29) is 17.6 Å². The molecule has 4 aliphatic rings. The van der Waals surface area contributed by atoms with Crippen LogP contribution in [0.4, 0.5) is 4.79 Å². The number of alkyl carbamates (subject to hydrolysis) is 1. The van der Waals surface area contributed by atoms with Gasteiger partial charge in [0.05, 0.1) is 0 Å². The Morgan fingerprint density at radius 2 is 1.62 bits per heavy atom. The number of fused-ring (bicyclic) bond motifs is 5.